The van der Waals surface area contributed by atoms with Crippen molar-refractivity contribution in [2.75, 3.05) is 13.2 Å². The molecule has 0 saturated carbocycles. The Morgan fingerprint density at radius 3 is 1.54 bits per heavy atom. The topological polar surface area (TPSA) is 46.2 Å². The van der Waals surface area contributed by atoms with E-state index in [9.17, 15) is 0 Å². The Hall–Kier alpha value is 0.234. The average molecular weight is 226 g/mol. The van der Waals surface area contributed by atoms with E-state index in [1.165, 1.54) is 0 Å². The van der Waals surface area contributed by atoms with Crippen molar-refractivity contribution in [3.05, 3.63) is 0 Å². The smallest absolute Gasteiger partial charge is 0.348 e. The van der Waals surface area contributed by atoms with E-state index in [1.54, 1.807) is 0 Å². The van der Waals surface area contributed by atoms with Crippen LogP contribution in [0.3, 0.4) is 0 Å². The summed E-state index contributed by atoms with van der Waals surface area (Å²) in [6.45, 7) is 8.55. The van der Waals surface area contributed by atoms with Gasteiger partial charge in [0.1, 0.15) is 0 Å². The molecular formula is C6H18O5Si2. The van der Waals surface area contributed by atoms with E-state index in [0.29, 0.717) is 13.2 Å². The zero-order valence-electron chi connectivity index (χ0n) is 8.61. The zero-order valence-corrected chi connectivity index (χ0v) is 10.9. The van der Waals surface area contributed by atoms with Crippen molar-refractivity contribution in [1.82, 2.24) is 0 Å². The van der Waals surface area contributed by atoms with E-state index >= 15 is 0 Å². The summed E-state index contributed by atoms with van der Waals surface area (Å²) in [7, 11) is -3.37. The van der Waals surface area contributed by atoms with Crippen molar-refractivity contribution in [3.8, 4) is 0 Å². The maximum absolute atomic E-state index is 5.44. The minimum absolute atomic E-state index is 0.531. The first-order valence-electron chi connectivity index (χ1n) is 4.42. The van der Waals surface area contributed by atoms with Gasteiger partial charge in [0.2, 0.25) is 0 Å². The summed E-state index contributed by atoms with van der Waals surface area (Å²) >= 11 is 0. The van der Waals surface area contributed by atoms with Gasteiger partial charge in [-0.2, -0.15) is 0 Å². The van der Waals surface area contributed by atoms with E-state index in [-0.39, 0.29) is 0 Å². The molecule has 0 aromatic heterocycles. The summed E-state index contributed by atoms with van der Waals surface area (Å²) in [5.74, 6) is 0. The van der Waals surface area contributed by atoms with Crippen molar-refractivity contribution >= 4 is 18.6 Å². The lowest BCUT2D eigenvalue weighted by molar-refractivity contribution is -0.229. The quantitative estimate of drug-likeness (QED) is 0.345. The molecule has 0 N–H and O–H groups in total. The molecule has 0 rings (SSSR count). The third-order valence-corrected chi connectivity index (χ3v) is 4.91. The minimum Gasteiger partial charge on any atom is -0.416 e. The Bertz CT molecular complexity index is 103. The van der Waals surface area contributed by atoms with Crippen molar-refractivity contribution < 1.29 is 23.0 Å². The molecule has 13 heavy (non-hydrogen) atoms. The molecule has 0 spiro atoms. The minimum atomic E-state index is -1.69. The van der Waals surface area contributed by atoms with Crippen LogP contribution in [0.5, 0.6) is 0 Å². The molecule has 0 aromatic carbocycles. The fourth-order valence-electron chi connectivity index (χ4n) is 0.643. The summed E-state index contributed by atoms with van der Waals surface area (Å²) < 4.78 is 15.4. The SMILES string of the molecule is CCOO[SiH](C)O[SiH](C)OOCC. The standard InChI is InChI=1S/C6H18O5Si2/c1-5-7-9-12(3)11-13(4)10-8-6-2/h12-13H,5-6H2,1-4H3. The van der Waals surface area contributed by atoms with Crippen LogP contribution in [0.4, 0.5) is 0 Å². The van der Waals surface area contributed by atoms with E-state index in [1.807, 2.05) is 26.9 Å². The second-order valence-electron chi connectivity index (χ2n) is 2.28. The number of rotatable bonds is 8. The molecule has 80 valence electrons. The maximum atomic E-state index is 5.44. The maximum Gasteiger partial charge on any atom is 0.348 e. The lowest BCUT2D eigenvalue weighted by Gasteiger charge is -2.15. The Balaban J connectivity index is 3.35. The monoisotopic (exact) mass is 226 g/mol. The van der Waals surface area contributed by atoms with Crippen LogP contribution in [0.2, 0.25) is 13.1 Å². The molecule has 5 nitrogen and oxygen atoms in total. The summed E-state index contributed by atoms with van der Waals surface area (Å²) in [6.07, 6.45) is 0. The van der Waals surface area contributed by atoms with Crippen molar-refractivity contribution in [2.24, 2.45) is 0 Å². The highest BCUT2D eigenvalue weighted by atomic mass is 28.4. The van der Waals surface area contributed by atoms with Crippen LogP contribution in [0.15, 0.2) is 0 Å². The van der Waals surface area contributed by atoms with Gasteiger partial charge in [-0.05, 0) is 26.9 Å². The van der Waals surface area contributed by atoms with E-state index in [2.05, 4.69) is 0 Å². The van der Waals surface area contributed by atoms with E-state index < -0.39 is 18.6 Å². The molecule has 0 aliphatic heterocycles. The highest BCUT2D eigenvalue weighted by molar-refractivity contribution is 6.57. The lowest BCUT2D eigenvalue weighted by Crippen LogP contribution is -2.29. The number of hydrogen-bond acceptors (Lipinski definition) is 5. The molecule has 0 aliphatic carbocycles. The molecule has 0 bridgehead atoms. The van der Waals surface area contributed by atoms with Gasteiger partial charge in [-0.3, -0.25) is 9.15 Å². The highest BCUT2D eigenvalue weighted by Gasteiger charge is 2.15. The molecule has 0 aliphatic rings. The Morgan fingerprint density at radius 1 is 0.846 bits per heavy atom. The molecule has 2 atom stereocenters. The first kappa shape index (κ1) is 13.2. The van der Waals surface area contributed by atoms with Crippen LogP contribution in [-0.4, -0.2) is 31.8 Å². The molecular weight excluding hydrogens is 208 g/mol. The van der Waals surface area contributed by atoms with Crippen LogP contribution < -0.4 is 0 Å². The fraction of sp³-hybridized carbons (Fsp3) is 1.00. The molecule has 0 saturated heterocycles. The third kappa shape index (κ3) is 8.56. The summed E-state index contributed by atoms with van der Waals surface area (Å²) in [5, 5.41) is 0. The molecule has 0 fully saturated rings. The van der Waals surface area contributed by atoms with Crippen LogP contribution in [-0.2, 0) is 23.0 Å². The molecule has 0 amide bonds. The molecule has 7 heteroatoms. The van der Waals surface area contributed by atoms with Crippen molar-refractivity contribution in [2.45, 2.75) is 26.9 Å². The van der Waals surface area contributed by atoms with Crippen LogP contribution in [0.1, 0.15) is 13.8 Å². The Labute approximate surface area is 82.4 Å². The van der Waals surface area contributed by atoms with Gasteiger partial charge >= 0.3 is 18.6 Å². The normalized spacial score (nSPS) is 15.7. The molecule has 0 heterocycles. The Kier molecular flexibility index (Phi) is 8.97. The van der Waals surface area contributed by atoms with Gasteiger partial charge in [0, 0.05) is 0 Å². The van der Waals surface area contributed by atoms with Crippen LogP contribution >= 0.6 is 0 Å². The van der Waals surface area contributed by atoms with Gasteiger partial charge in [-0.15, -0.1) is 0 Å². The third-order valence-electron chi connectivity index (χ3n) is 1.03. The Morgan fingerprint density at radius 2 is 1.23 bits per heavy atom. The van der Waals surface area contributed by atoms with Gasteiger partial charge in [0.05, 0.1) is 13.2 Å². The van der Waals surface area contributed by atoms with Crippen LogP contribution in [0, 0.1) is 0 Å². The van der Waals surface area contributed by atoms with Gasteiger partial charge in [-0.1, -0.05) is 0 Å². The summed E-state index contributed by atoms with van der Waals surface area (Å²) in [6, 6.07) is 0. The van der Waals surface area contributed by atoms with E-state index in [4.69, 9.17) is 23.0 Å². The van der Waals surface area contributed by atoms with Gasteiger partial charge in [-0.25, -0.2) is 9.78 Å². The zero-order chi connectivity index (χ0) is 10.1. The lowest BCUT2D eigenvalue weighted by atomic mass is 10.9. The van der Waals surface area contributed by atoms with Gasteiger partial charge in [0.15, 0.2) is 0 Å². The van der Waals surface area contributed by atoms with Gasteiger partial charge < -0.3 is 4.12 Å². The van der Waals surface area contributed by atoms with Gasteiger partial charge in [0.25, 0.3) is 0 Å². The summed E-state index contributed by atoms with van der Waals surface area (Å²) in [5.41, 5.74) is 0. The molecule has 0 aromatic rings. The summed E-state index contributed by atoms with van der Waals surface area (Å²) in [4.78, 5) is 9.53. The first-order valence-corrected chi connectivity index (χ1v) is 8.62. The fourth-order valence-corrected chi connectivity index (χ4v) is 3.82. The average Bonchev–Trinajstić information content (AvgIpc) is 2.11. The first-order chi connectivity index (χ1) is 6.20. The predicted octanol–water partition coefficient (Wildman–Crippen LogP) is 0.640. The second-order valence-corrected chi connectivity index (χ2v) is 6.02. The van der Waals surface area contributed by atoms with E-state index in [0.717, 1.165) is 0 Å². The van der Waals surface area contributed by atoms with Crippen LogP contribution in [0.25, 0.3) is 0 Å². The van der Waals surface area contributed by atoms with Crippen molar-refractivity contribution in [1.29, 1.82) is 0 Å². The predicted molar refractivity (Wildman–Crippen MR) is 52.5 cm³/mol. The van der Waals surface area contributed by atoms with Crippen molar-refractivity contribution in [3.63, 3.8) is 0 Å². The molecule has 0 radical (unpaired) electrons. The number of hydrogen-bond donors (Lipinski definition) is 0. The molecule has 2 unspecified atom stereocenters. The highest BCUT2D eigenvalue weighted by Crippen LogP contribution is 1.96. The second kappa shape index (κ2) is 8.82. The largest absolute Gasteiger partial charge is 0.416 e.